The molecule has 0 saturated carbocycles. The lowest BCUT2D eigenvalue weighted by Crippen LogP contribution is -2.14. The van der Waals surface area contributed by atoms with Gasteiger partial charge in [-0.05, 0) is 48.2 Å². The van der Waals surface area contributed by atoms with Crippen LogP contribution in [0.15, 0.2) is 48.5 Å². The van der Waals surface area contributed by atoms with Crippen LogP contribution in [0.4, 0.5) is 11.4 Å². The molecule has 0 aliphatic carbocycles. The maximum atomic E-state index is 11.2. The van der Waals surface area contributed by atoms with Gasteiger partial charge >= 0.3 is 0 Å². The number of aromatic nitrogens is 2. The molecule has 12 nitrogen and oxygen atoms in total. The van der Waals surface area contributed by atoms with Crippen molar-refractivity contribution in [3.8, 4) is 22.5 Å². The minimum absolute atomic E-state index is 0.0683. The zero-order valence-electron chi connectivity index (χ0n) is 23.5. The maximum absolute atomic E-state index is 11.2. The van der Waals surface area contributed by atoms with E-state index >= 15 is 0 Å². The Morgan fingerprint density at radius 3 is 1.12 bits per heavy atom. The summed E-state index contributed by atoms with van der Waals surface area (Å²) >= 11 is 0. The van der Waals surface area contributed by atoms with Crippen LogP contribution < -0.4 is 0 Å². The number of aliphatic hydroxyl groups is 4. The van der Waals surface area contributed by atoms with Crippen LogP contribution in [0.25, 0.3) is 22.5 Å². The fraction of sp³-hybridized carbons (Fsp3) is 0.333. The fourth-order valence-electron chi connectivity index (χ4n) is 5.91. The van der Waals surface area contributed by atoms with E-state index in [1.165, 1.54) is 24.3 Å². The Bertz CT molecular complexity index is 1470. The van der Waals surface area contributed by atoms with E-state index in [0.717, 1.165) is 11.4 Å². The van der Waals surface area contributed by atoms with Crippen molar-refractivity contribution in [2.24, 2.45) is 0 Å². The summed E-state index contributed by atoms with van der Waals surface area (Å²) < 4.78 is 3.99. The second-order valence-electron chi connectivity index (χ2n) is 9.76. The van der Waals surface area contributed by atoms with E-state index < -0.39 is 9.85 Å². The molecule has 2 aromatic carbocycles. The standard InChI is InChI=1S/C30H34N4O8/c1-3-27-23(15-35)25(17-37)29(19-5-9-21(10-6-19)33(39)40)31(27)13-14-32-28(4-2)24(16-36)26(18-38)30(32)20-7-11-22(12-8-20)34(41)42/h5-12,35-38H,3-4,13-18H2,1-2H3. The summed E-state index contributed by atoms with van der Waals surface area (Å²) in [6.07, 6.45) is 1.09. The largest absolute Gasteiger partial charge is 0.392 e. The zero-order valence-corrected chi connectivity index (χ0v) is 23.5. The van der Waals surface area contributed by atoms with E-state index in [0.29, 0.717) is 70.7 Å². The molecule has 2 aromatic heterocycles. The normalized spacial score (nSPS) is 11.3. The summed E-state index contributed by atoms with van der Waals surface area (Å²) in [6, 6.07) is 12.1. The van der Waals surface area contributed by atoms with Crippen LogP contribution in [0.5, 0.6) is 0 Å². The van der Waals surface area contributed by atoms with Gasteiger partial charge in [-0.3, -0.25) is 20.2 Å². The van der Waals surface area contributed by atoms with E-state index in [-0.39, 0.29) is 37.8 Å². The van der Waals surface area contributed by atoms with E-state index in [4.69, 9.17) is 0 Å². The molecular formula is C30H34N4O8. The van der Waals surface area contributed by atoms with Crippen LogP contribution in [0.1, 0.15) is 47.5 Å². The first-order valence-electron chi connectivity index (χ1n) is 13.6. The number of nitrogens with zero attached hydrogens (tertiary/aromatic N) is 4. The number of nitro benzene ring substituents is 2. The van der Waals surface area contributed by atoms with Crippen molar-refractivity contribution >= 4 is 11.4 Å². The third kappa shape index (κ3) is 5.44. The molecule has 4 N–H and O–H groups in total. The topological polar surface area (TPSA) is 177 Å². The molecular weight excluding hydrogens is 544 g/mol. The van der Waals surface area contributed by atoms with Gasteiger partial charge < -0.3 is 29.6 Å². The Labute approximate surface area is 242 Å². The van der Waals surface area contributed by atoms with Crippen molar-refractivity contribution in [1.82, 2.24) is 9.13 Å². The van der Waals surface area contributed by atoms with Crippen molar-refractivity contribution in [1.29, 1.82) is 0 Å². The van der Waals surface area contributed by atoms with Gasteiger partial charge in [0, 0.05) is 71.0 Å². The fourth-order valence-corrected chi connectivity index (χ4v) is 5.91. The number of rotatable bonds is 13. The summed E-state index contributed by atoms with van der Waals surface area (Å²) in [4.78, 5) is 21.5. The molecule has 222 valence electrons. The van der Waals surface area contributed by atoms with Crippen molar-refractivity contribution < 1.29 is 30.3 Å². The highest BCUT2D eigenvalue weighted by molar-refractivity contribution is 5.70. The van der Waals surface area contributed by atoms with Gasteiger partial charge in [0.2, 0.25) is 0 Å². The molecule has 12 heteroatoms. The Balaban J connectivity index is 1.89. The van der Waals surface area contributed by atoms with E-state index in [1.54, 1.807) is 24.3 Å². The quantitative estimate of drug-likeness (QED) is 0.134. The summed E-state index contributed by atoms with van der Waals surface area (Å²) in [7, 11) is 0. The number of non-ortho nitro benzene ring substituents is 2. The zero-order chi connectivity index (χ0) is 30.6. The van der Waals surface area contributed by atoms with Crippen LogP contribution in [0, 0.1) is 20.2 Å². The molecule has 2 heterocycles. The monoisotopic (exact) mass is 578 g/mol. The molecule has 0 fully saturated rings. The summed E-state index contributed by atoms with van der Waals surface area (Å²) in [5, 5.41) is 63.7. The van der Waals surface area contributed by atoms with Gasteiger partial charge in [-0.25, -0.2) is 0 Å². The van der Waals surface area contributed by atoms with Crippen LogP contribution in [-0.2, 0) is 52.4 Å². The lowest BCUT2D eigenvalue weighted by atomic mass is 10.0. The molecule has 0 saturated heterocycles. The molecule has 0 amide bonds. The van der Waals surface area contributed by atoms with Gasteiger partial charge in [-0.15, -0.1) is 0 Å². The van der Waals surface area contributed by atoms with Gasteiger partial charge in [-0.2, -0.15) is 0 Å². The van der Waals surface area contributed by atoms with Gasteiger partial charge in [0.1, 0.15) is 0 Å². The molecule has 4 aromatic rings. The third-order valence-electron chi connectivity index (χ3n) is 7.74. The first-order chi connectivity index (χ1) is 20.3. The first kappa shape index (κ1) is 30.6. The number of benzene rings is 2. The average molecular weight is 579 g/mol. The Morgan fingerprint density at radius 1 is 0.571 bits per heavy atom. The molecule has 0 unspecified atom stereocenters. The predicted molar refractivity (Wildman–Crippen MR) is 155 cm³/mol. The molecule has 42 heavy (non-hydrogen) atoms. The lowest BCUT2D eigenvalue weighted by molar-refractivity contribution is -0.385. The van der Waals surface area contributed by atoms with Crippen LogP contribution in [-0.4, -0.2) is 39.4 Å². The lowest BCUT2D eigenvalue weighted by Gasteiger charge is -2.19. The predicted octanol–water partition coefficient (Wildman–Crippen LogP) is 4.23. The molecule has 0 aliphatic rings. The minimum atomic E-state index is -0.484. The van der Waals surface area contributed by atoms with Crippen LogP contribution in [0.3, 0.4) is 0 Å². The molecule has 0 spiro atoms. The van der Waals surface area contributed by atoms with E-state index in [1.807, 2.05) is 23.0 Å². The Morgan fingerprint density at radius 2 is 0.881 bits per heavy atom. The molecule has 0 aliphatic heterocycles. The van der Waals surface area contributed by atoms with E-state index in [2.05, 4.69) is 0 Å². The second-order valence-corrected chi connectivity index (χ2v) is 9.76. The molecule has 4 rings (SSSR count). The SMILES string of the molecule is CCc1c(CO)c(CO)c(-c2ccc([N+](=O)[O-])cc2)n1CCn1c(CC)c(CO)c(CO)c1-c1ccc([N+](=O)[O-])cc1. The van der Waals surface area contributed by atoms with Crippen molar-refractivity contribution in [2.75, 3.05) is 0 Å². The smallest absolute Gasteiger partial charge is 0.269 e. The molecule has 0 radical (unpaired) electrons. The Kier molecular flexibility index (Phi) is 9.53. The average Bonchev–Trinajstić information content (AvgIpc) is 3.50. The highest BCUT2D eigenvalue weighted by atomic mass is 16.6. The highest BCUT2D eigenvalue weighted by Crippen LogP contribution is 2.36. The van der Waals surface area contributed by atoms with Crippen molar-refractivity contribution in [2.45, 2.75) is 66.2 Å². The van der Waals surface area contributed by atoms with Gasteiger partial charge in [0.25, 0.3) is 11.4 Å². The Hall–Kier alpha value is -4.36. The maximum Gasteiger partial charge on any atom is 0.269 e. The number of aliphatic hydroxyl groups excluding tert-OH is 4. The number of hydrogen-bond donors (Lipinski definition) is 4. The van der Waals surface area contributed by atoms with Gasteiger partial charge in [-0.1, -0.05) is 13.8 Å². The number of nitro groups is 2. The second kappa shape index (κ2) is 13.1. The minimum Gasteiger partial charge on any atom is -0.392 e. The van der Waals surface area contributed by atoms with Gasteiger partial charge in [0.05, 0.1) is 47.7 Å². The highest BCUT2D eigenvalue weighted by Gasteiger charge is 2.25. The van der Waals surface area contributed by atoms with E-state index in [9.17, 15) is 40.7 Å². The van der Waals surface area contributed by atoms with Crippen molar-refractivity contribution in [3.05, 3.63) is 102 Å². The van der Waals surface area contributed by atoms with Crippen LogP contribution >= 0.6 is 0 Å². The first-order valence-corrected chi connectivity index (χ1v) is 13.6. The van der Waals surface area contributed by atoms with Gasteiger partial charge in [0.15, 0.2) is 0 Å². The molecule has 0 atom stereocenters. The third-order valence-corrected chi connectivity index (χ3v) is 7.74. The van der Waals surface area contributed by atoms with Crippen molar-refractivity contribution in [3.63, 3.8) is 0 Å². The summed E-state index contributed by atoms with van der Waals surface area (Å²) in [5.74, 6) is 0. The van der Waals surface area contributed by atoms with Crippen LogP contribution in [0.2, 0.25) is 0 Å². The summed E-state index contributed by atoms with van der Waals surface area (Å²) in [6.45, 7) is 3.32. The molecule has 0 bridgehead atoms. The number of hydrogen-bond acceptors (Lipinski definition) is 8. The summed E-state index contributed by atoms with van der Waals surface area (Å²) in [5.41, 5.74) is 6.31.